The summed E-state index contributed by atoms with van der Waals surface area (Å²) in [4.78, 5) is 13.1. The maximum atomic E-state index is 11.3. The molecule has 1 saturated heterocycles. The number of aliphatic hydroxyl groups excluding tert-OH is 2. The molecule has 3 atom stereocenters. The Labute approximate surface area is 118 Å². The zero-order valence-electron chi connectivity index (χ0n) is 11.4. The Morgan fingerprint density at radius 1 is 1.40 bits per heavy atom. The van der Waals surface area contributed by atoms with Crippen molar-refractivity contribution in [1.29, 1.82) is 0 Å². The van der Waals surface area contributed by atoms with E-state index in [0.717, 1.165) is 5.56 Å². The second-order valence-electron chi connectivity index (χ2n) is 4.90. The number of rotatable bonds is 4. The molecule has 1 aromatic carbocycles. The van der Waals surface area contributed by atoms with Crippen LogP contribution >= 0.6 is 0 Å². The molecule has 110 valence electrons. The van der Waals surface area contributed by atoms with Crippen LogP contribution in [-0.4, -0.2) is 53.2 Å². The second-order valence-corrected chi connectivity index (χ2v) is 4.90. The Hall–Kier alpha value is -1.47. The van der Waals surface area contributed by atoms with E-state index in [2.05, 4.69) is 10.1 Å². The number of benzene rings is 1. The zero-order chi connectivity index (χ0) is 14.5. The van der Waals surface area contributed by atoms with E-state index in [1.54, 1.807) is 4.90 Å². The van der Waals surface area contributed by atoms with Gasteiger partial charge in [-0.25, -0.2) is 0 Å². The molecule has 0 aliphatic carbocycles. The Morgan fingerprint density at radius 2 is 2.10 bits per heavy atom. The van der Waals surface area contributed by atoms with Gasteiger partial charge in [-0.05, 0) is 5.56 Å². The third-order valence-electron chi connectivity index (χ3n) is 3.39. The standard InChI is InChI=1S/C14H20N2O4/c1-20-13(18)7-11-14(19)16(9-12(17)15-11)8-10-5-3-2-4-6-10/h2-6,11-12,14-15,17,19H,7-9H2,1H3/t11-,12-,14-/m0/s1. The van der Waals surface area contributed by atoms with Crippen LogP contribution in [0, 0.1) is 0 Å². The average molecular weight is 280 g/mol. The lowest BCUT2D eigenvalue weighted by atomic mass is 10.1. The smallest absolute Gasteiger partial charge is 0.307 e. The van der Waals surface area contributed by atoms with E-state index in [4.69, 9.17) is 0 Å². The molecule has 1 aliphatic heterocycles. The molecule has 3 N–H and O–H groups in total. The number of β-amino-alcohol motifs (C(OH)–C–C–N with tert-alkyl or cyclic N) is 1. The Balaban J connectivity index is 2.03. The largest absolute Gasteiger partial charge is 0.469 e. The van der Waals surface area contributed by atoms with E-state index >= 15 is 0 Å². The van der Waals surface area contributed by atoms with Gasteiger partial charge in [0.05, 0.1) is 19.6 Å². The summed E-state index contributed by atoms with van der Waals surface area (Å²) < 4.78 is 4.60. The lowest BCUT2D eigenvalue weighted by Gasteiger charge is -2.40. The Morgan fingerprint density at radius 3 is 2.75 bits per heavy atom. The molecule has 1 fully saturated rings. The topological polar surface area (TPSA) is 82.0 Å². The monoisotopic (exact) mass is 280 g/mol. The van der Waals surface area contributed by atoms with Gasteiger partial charge >= 0.3 is 5.97 Å². The molecule has 6 heteroatoms. The number of aliphatic hydroxyl groups is 2. The number of nitrogens with zero attached hydrogens (tertiary/aromatic N) is 1. The lowest BCUT2D eigenvalue weighted by molar-refractivity contribution is -0.147. The molecule has 0 saturated carbocycles. The van der Waals surface area contributed by atoms with E-state index < -0.39 is 24.5 Å². The van der Waals surface area contributed by atoms with Gasteiger partial charge in [0.15, 0.2) is 0 Å². The predicted octanol–water partition coefficient (Wildman–Crippen LogP) is -0.340. The second kappa shape index (κ2) is 6.81. The molecular formula is C14H20N2O4. The minimum Gasteiger partial charge on any atom is -0.469 e. The van der Waals surface area contributed by atoms with Crippen LogP contribution in [0.4, 0.5) is 0 Å². The maximum Gasteiger partial charge on any atom is 0.307 e. The summed E-state index contributed by atoms with van der Waals surface area (Å²) in [6.45, 7) is 0.812. The quantitative estimate of drug-likeness (QED) is 0.655. The first-order valence-corrected chi connectivity index (χ1v) is 6.57. The molecule has 20 heavy (non-hydrogen) atoms. The third kappa shape index (κ3) is 3.77. The summed E-state index contributed by atoms with van der Waals surface area (Å²) >= 11 is 0. The van der Waals surface area contributed by atoms with Gasteiger partial charge in [-0.2, -0.15) is 0 Å². The first-order valence-electron chi connectivity index (χ1n) is 6.57. The van der Waals surface area contributed by atoms with Gasteiger partial charge in [0.2, 0.25) is 0 Å². The Bertz CT molecular complexity index is 440. The van der Waals surface area contributed by atoms with Crippen LogP contribution in [0.15, 0.2) is 30.3 Å². The van der Waals surface area contributed by atoms with Crippen molar-refractivity contribution in [3.05, 3.63) is 35.9 Å². The molecular weight excluding hydrogens is 260 g/mol. The number of piperazine rings is 1. The number of carbonyl (C=O) groups is 1. The lowest BCUT2D eigenvalue weighted by Crippen LogP contribution is -2.62. The number of nitrogens with one attached hydrogen (secondary N) is 1. The molecule has 0 spiro atoms. The van der Waals surface area contributed by atoms with Crippen LogP contribution < -0.4 is 5.32 Å². The minimum absolute atomic E-state index is 0.0139. The number of hydrogen-bond acceptors (Lipinski definition) is 6. The molecule has 0 aromatic heterocycles. The molecule has 1 aliphatic rings. The number of carbonyl (C=O) groups excluding carboxylic acids is 1. The predicted molar refractivity (Wildman–Crippen MR) is 72.4 cm³/mol. The Kier molecular flexibility index (Phi) is 5.08. The zero-order valence-corrected chi connectivity index (χ0v) is 11.4. The summed E-state index contributed by atoms with van der Waals surface area (Å²) in [6, 6.07) is 9.13. The number of methoxy groups -OCH3 is 1. The maximum absolute atomic E-state index is 11.3. The minimum atomic E-state index is -0.849. The third-order valence-corrected chi connectivity index (χ3v) is 3.39. The highest BCUT2D eigenvalue weighted by atomic mass is 16.5. The van der Waals surface area contributed by atoms with Crippen molar-refractivity contribution in [1.82, 2.24) is 10.2 Å². The van der Waals surface area contributed by atoms with E-state index in [0.29, 0.717) is 13.1 Å². The van der Waals surface area contributed by atoms with Gasteiger partial charge in [-0.1, -0.05) is 30.3 Å². The van der Waals surface area contributed by atoms with Crippen molar-refractivity contribution in [2.24, 2.45) is 0 Å². The van der Waals surface area contributed by atoms with Crippen LogP contribution in [0.1, 0.15) is 12.0 Å². The summed E-state index contributed by atoms with van der Waals surface area (Å²) in [6.07, 6.45) is -1.62. The summed E-state index contributed by atoms with van der Waals surface area (Å²) in [7, 11) is 1.30. The number of ether oxygens (including phenoxy) is 1. The normalized spacial score (nSPS) is 27.2. The molecule has 0 radical (unpaired) electrons. The van der Waals surface area contributed by atoms with Gasteiger partial charge in [0.25, 0.3) is 0 Å². The van der Waals surface area contributed by atoms with Crippen molar-refractivity contribution in [2.75, 3.05) is 13.7 Å². The summed E-state index contributed by atoms with van der Waals surface area (Å²) in [5.41, 5.74) is 1.04. The molecule has 1 heterocycles. The average Bonchev–Trinajstić information content (AvgIpc) is 2.45. The molecule has 2 rings (SSSR count). The molecule has 0 bridgehead atoms. The fraction of sp³-hybridized carbons (Fsp3) is 0.500. The van der Waals surface area contributed by atoms with Crippen molar-refractivity contribution < 1.29 is 19.7 Å². The highest BCUT2D eigenvalue weighted by molar-refractivity contribution is 5.70. The molecule has 6 nitrogen and oxygen atoms in total. The first kappa shape index (κ1) is 14.9. The molecule has 0 amide bonds. The van der Waals surface area contributed by atoms with Crippen LogP contribution in [-0.2, 0) is 16.1 Å². The van der Waals surface area contributed by atoms with E-state index in [9.17, 15) is 15.0 Å². The SMILES string of the molecule is COC(=O)C[C@@H]1N[C@@H](O)CN(Cc2ccccc2)[C@H]1O. The first-order chi connectivity index (χ1) is 9.60. The van der Waals surface area contributed by atoms with Gasteiger partial charge < -0.3 is 14.9 Å². The van der Waals surface area contributed by atoms with Gasteiger partial charge in [-0.15, -0.1) is 0 Å². The van der Waals surface area contributed by atoms with E-state index in [1.807, 2.05) is 30.3 Å². The van der Waals surface area contributed by atoms with E-state index in [-0.39, 0.29) is 6.42 Å². The van der Waals surface area contributed by atoms with Crippen molar-refractivity contribution in [3.8, 4) is 0 Å². The highest BCUT2D eigenvalue weighted by Gasteiger charge is 2.35. The van der Waals surface area contributed by atoms with Crippen molar-refractivity contribution >= 4 is 5.97 Å². The van der Waals surface area contributed by atoms with Gasteiger partial charge in [0.1, 0.15) is 12.5 Å². The number of hydrogen-bond donors (Lipinski definition) is 3. The van der Waals surface area contributed by atoms with Crippen LogP contribution in [0.2, 0.25) is 0 Å². The fourth-order valence-corrected chi connectivity index (χ4v) is 2.37. The summed E-state index contributed by atoms with van der Waals surface area (Å²) in [5, 5.41) is 22.9. The summed E-state index contributed by atoms with van der Waals surface area (Å²) in [5.74, 6) is -0.421. The van der Waals surface area contributed by atoms with Crippen molar-refractivity contribution in [2.45, 2.75) is 31.5 Å². The van der Waals surface area contributed by atoms with E-state index in [1.165, 1.54) is 7.11 Å². The molecule has 0 unspecified atom stereocenters. The number of esters is 1. The van der Waals surface area contributed by atoms with Crippen LogP contribution in [0.5, 0.6) is 0 Å². The van der Waals surface area contributed by atoms with Crippen LogP contribution in [0.25, 0.3) is 0 Å². The highest BCUT2D eigenvalue weighted by Crippen LogP contribution is 2.16. The fourth-order valence-electron chi connectivity index (χ4n) is 2.37. The van der Waals surface area contributed by atoms with Gasteiger partial charge in [0, 0.05) is 13.1 Å². The van der Waals surface area contributed by atoms with Crippen molar-refractivity contribution in [3.63, 3.8) is 0 Å². The molecule has 1 aromatic rings. The van der Waals surface area contributed by atoms with Gasteiger partial charge in [-0.3, -0.25) is 15.0 Å². The van der Waals surface area contributed by atoms with Crippen LogP contribution in [0.3, 0.4) is 0 Å².